The van der Waals surface area contributed by atoms with Crippen LogP contribution in [0.5, 0.6) is 0 Å². The molecule has 0 bridgehead atoms. The number of hydrogen-bond donors (Lipinski definition) is 1. The van der Waals surface area contributed by atoms with E-state index in [0.717, 1.165) is 5.69 Å². The van der Waals surface area contributed by atoms with Crippen LogP contribution in [0.4, 0.5) is 5.69 Å². The van der Waals surface area contributed by atoms with Crippen molar-refractivity contribution >= 4 is 17.5 Å². The molecular formula is C16H16N2O3. The quantitative estimate of drug-likeness (QED) is 0.934. The summed E-state index contributed by atoms with van der Waals surface area (Å²) < 4.78 is 5.03. The van der Waals surface area contributed by atoms with Gasteiger partial charge in [-0.25, -0.2) is 0 Å². The Kier molecular flexibility index (Phi) is 3.73. The second-order valence-corrected chi connectivity index (χ2v) is 5.10. The molecule has 0 aliphatic carbocycles. The molecule has 2 amide bonds. The Morgan fingerprint density at radius 3 is 2.76 bits per heavy atom. The maximum absolute atomic E-state index is 12.1. The van der Waals surface area contributed by atoms with E-state index < -0.39 is 0 Å². The normalized spacial score (nSPS) is 18.0. The molecule has 2 aromatic rings. The Labute approximate surface area is 122 Å². The van der Waals surface area contributed by atoms with Gasteiger partial charge in [0.05, 0.1) is 6.26 Å². The summed E-state index contributed by atoms with van der Waals surface area (Å²) in [5.74, 6) is 0.264. The lowest BCUT2D eigenvalue weighted by molar-refractivity contribution is -0.117. The molecule has 1 aliphatic heterocycles. The van der Waals surface area contributed by atoms with Crippen LogP contribution in [0, 0.1) is 5.92 Å². The molecule has 0 spiro atoms. The number of hydrogen-bond acceptors (Lipinski definition) is 3. The fourth-order valence-electron chi connectivity index (χ4n) is 2.51. The van der Waals surface area contributed by atoms with Crippen LogP contribution in [0.2, 0.25) is 0 Å². The zero-order valence-corrected chi connectivity index (χ0v) is 11.5. The Morgan fingerprint density at radius 1 is 1.24 bits per heavy atom. The smallest absolute Gasteiger partial charge is 0.286 e. The van der Waals surface area contributed by atoms with E-state index in [9.17, 15) is 9.59 Å². The molecule has 1 N–H and O–H groups in total. The summed E-state index contributed by atoms with van der Waals surface area (Å²) in [6, 6.07) is 12.9. The third kappa shape index (κ3) is 2.97. The van der Waals surface area contributed by atoms with Crippen molar-refractivity contribution in [1.82, 2.24) is 5.32 Å². The first-order valence-electron chi connectivity index (χ1n) is 6.91. The molecule has 108 valence electrons. The van der Waals surface area contributed by atoms with Crippen LogP contribution in [0.3, 0.4) is 0 Å². The van der Waals surface area contributed by atoms with Crippen LogP contribution in [0.15, 0.2) is 53.1 Å². The molecule has 1 aromatic carbocycles. The molecular weight excluding hydrogens is 268 g/mol. The number of nitrogens with zero attached hydrogens (tertiary/aromatic N) is 1. The number of amides is 2. The van der Waals surface area contributed by atoms with Crippen LogP contribution >= 0.6 is 0 Å². The number of benzene rings is 1. The zero-order valence-electron chi connectivity index (χ0n) is 11.5. The van der Waals surface area contributed by atoms with Crippen molar-refractivity contribution in [2.75, 3.05) is 18.0 Å². The molecule has 5 nitrogen and oxygen atoms in total. The minimum Gasteiger partial charge on any atom is -0.459 e. The van der Waals surface area contributed by atoms with Gasteiger partial charge in [0.1, 0.15) is 0 Å². The number of anilines is 1. The summed E-state index contributed by atoms with van der Waals surface area (Å²) in [4.78, 5) is 25.6. The van der Waals surface area contributed by atoms with Gasteiger partial charge in [-0.3, -0.25) is 9.59 Å². The van der Waals surface area contributed by atoms with Crippen molar-refractivity contribution in [2.45, 2.75) is 6.42 Å². The van der Waals surface area contributed by atoms with E-state index >= 15 is 0 Å². The molecule has 1 aromatic heterocycles. The first-order valence-corrected chi connectivity index (χ1v) is 6.91. The lowest BCUT2D eigenvalue weighted by Crippen LogP contribution is -2.31. The second kappa shape index (κ2) is 5.83. The van der Waals surface area contributed by atoms with Gasteiger partial charge in [-0.15, -0.1) is 0 Å². The number of carbonyl (C=O) groups is 2. The lowest BCUT2D eigenvalue weighted by atomic mass is 10.1. The van der Waals surface area contributed by atoms with Crippen molar-refractivity contribution < 1.29 is 14.0 Å². The first-order chi connectivity index (χ1) is 10.2. The Morgan fingerprint density at radius 2 is 2.05 bits per heavy atom. The Balaban J connectivity index is 1.57. The maximum Gasteiger partial charge on any atom is 0.286 e. The third-order valence-electron chi connectivity index (χ3n) is 3.57. The van der Waals surface area contributed by atoms with Crippen molar-refractivity contribution in [2.24, 2.45) is 5.92 Å². The summed E-state index contributed by atoms with van der Waals surface area (Å²) in [6.07, 6.45) is 1.92. The maximum atomic E-state index is 12.1. The number of nitrogens with one attached hydrogen (secondary N) is 1. The lowest BCUT2D eigenvalue weighted by Gasteiger charge is -2.16. The van der Waals surface area contributed by atoms with Gasteiger partial charge in [0.25, 0.3) is 5.91 Å². The minimum absolute atomic E-state index is 0.0958. The highest BCUT2D eigenvalue weighted by atomic mass is 16.3. The van der Waals surface area contributed by atoms with Gasteiger partial charge in [0, 0.05) is 31.1 Å². The second-order valence-electron chi connectivity index (χ2n) is 5.10. The zero-order chi connectivity index (χ0) is 14.7. The highest BCUT2D eigenvalue weighted by molar-refractivity contribution is 5.96. The minimum atomic E-state index is -0.245. The van der Waals surface area contributed by atoms with E-state index in [1.807, 2.05) is 30.3 Å². The number of carbonyl (C=O) groups excluding carboxylic acids is 2. The van der Waals surface area contributed by atoms with E-state index in [1.165, 1.54) is 6.26 Å². The van der Waals surface area contributed by atoms with E-state index in [1.54, 1.807) is 17.0 Å². The third-order valence-corrected chi connectivity index (χ3v) is 3.57. The van der Waals surface area contributed by atoms with Gasteiger partial charge in [0.2, 0.25) is 5.91 Å². The molecule has 0 saturated carbocycles. The SMILES string of the molecule is O=C(NC[C@@H]1CC(=O)N(c2ccccc2)C1)c1ccco1. The van der Waals surface area contributed by atoms with Crippen molar-refractivity contribution in [3.63, 3.8) is 0 Å². The van der Waals surface area contributed by atoms with Gasteiger partial charge in [-0.2, -0.15) is 0 Å². The van der Waals surface area contributed by atoms with Gasteiger partial charge in [-0.1, -0.05) is 18.2 Å². The largest absolute Gasteiger partial charge is 0.459 e. The molecule has 3 rings (SSSR count). The van der Waals surface area contributed by atoms with E-state index in [-0.39, 0.29) is 17.7 Å². The molecule has 1 fully saturated rings. The van der Waals surface area contributed by atoms with Gasteiger partial charge in [-0.05, 0) is 24.3 Å². The summed E-state index contributed by atoms with van der Waals surface area (Å²) in [7, 11) is 0. The van der Waals surface area contributed by atoms with Gasteiger partial charge >= 0.3 is 0 Å². The average Bonchev–Trinajstić information content (AvgIpc) is 3.15. The summed E-state index contributed by atoms with van der Waals surface area (Å²) in [5, 5.41) is 2.81. The van der Waals surface area contributed by atoms with Crippen LogP contribution in [0.1, 0.15) is 17.0 Å². The highest BCUT2D eigenvalue weighted by Gasteiger charge is 2.30. The molecule has 1 atom stereocenters. The summed E-state index contributed by atoms with van der Waals surface area (Å²) >= 11 is 0. The highest BCUT2D eigenvalue weighted by Crippen LogP contribution is 2.24. The molecule has 21 heavy (non-hydrogen) atoms. The fraction of sp³-hybridized carbons (Fsp3) is 0.250. The molecule has 1 aliphatic rings. The number of para-hydroxylation sites is 1. The summed E-state index contributed by atoms with van der Waals surface area (Å²) in [6.45, 7) is 1.09. The van der Waals surface area contributed by atoms with E-state index in [0.29, 0.717) is 25.3 Å². The molecule has 2 heterocycles. The molecule has 0 unspecified atom stereocenters. The first kappa shape index (κ1) is 13.4. The van der Waals surface area contributed by atoms with E-state index in [2.05, 4.69) is 5.32 Å². The summed E-state index contributed by atoms with van der Waals surface area (Å²) in [5.41, 5.74) is 0.905. The predicted octanol–water partition coefficient (Wildman–Crippen LogP) is 2.06. The fourth-order valence-corrected chi connectivity index (χ4v) is 2.51. The predicted molar refractivity (Wildman–Crippen MR) is 77.9 cm³/mol. The Hall–Kier alpha value is -2.56. The Bertz CT molecular complexity index is 622. The standard InChI is InChI=1S/C16H16N2O3/c19-15-9-12(10-17-16(20)14-7-4-8-21-14)11-18(15)13-5-2-1-3-6-13/h1-8,12H,9-11H2,(H,17,20)/t12-/m0/s1. The van der Waals surface area contributed by atoms with Gasteiger partial charge in [0.15, 0.2) is 5.76 Å². The topological polar surface area (TPSA) is 62.6 Å². The molecule has 1 saturated heterocycles. The van der Waals surface area contributed by atoms with Crippen LogP contribution in [-0.4, -0.2) is 24.9 Å². The van der Waals surface area contributed by atoms with Crippen LogP contribution in [0.25, 0.3) is 0 Å². The number of rotatable bonds is 4. The van der Waals surface area contributed by atoms with E-state index in [4.69, 9.17) is 4.42 Å². The average molecular weight is 284 g/mol. The van der Waals surface area contributed by atoms with Crippen molar-refractivity contribution in [1.29, 1.82) is 0 Å². The van der Waals surface area contributed by atoms with Crippen LogP contribution < -0.4 is 10.2 Å². The van der Waals surface area contributed by atoms with Crippen molar-refractivity contribution in [3.05, 3.63) is 54.5 Å². The van der Waals surface area contributed by atoms with Crippen molar-refractivity contribution in [3.8, 4) is 0 Å². The molecule has 0 radical (unpaired) electrons. The monoisotopic (exact) mass is 284 g/mol. The van der Waals surface area contributed by atoms with Gasteiger partial charge < -0.3 is 14.6 Å². The van der Waals surface area contributed by atoms with Crippen LogP contribution in [-0.2, 0) is 4.79 Å². The molecule has 5 heteroatoms. The number of furan rings is 1.